The number of rotatable bonds is 11. The maximum Gasteiger partial charge on any atom is 0.214 e. The largest absolute Gasteiger partial charge is 0.397 e. The average molecular weight is 586 g/mol. The first-order valence-corrected chi connectivity index (χ1v) is 13.9. The number of nitrogens with zero attached hydrogens (tertiary/aromatic N) is 2. The van der Waals surface area contributed by atoms with Crippen LogP contribution >= 0.6 is 31.9 Å². The van der Waals surface area contributed by atoms with Crippen LogP contribution in [0, 0.1) is 0 Å². The number of pyridine rings is 2. The third kappa shape index (κ3) is 5.89. The van der Waals surface area contributed by atoms with Crippen molar-refractivity contribution >= 4 is 65.0 Å². The minimum absolute atomic E-state index is 0.822. The van der Waals surface area contributed by atoms with Gasteiger partial charge in [-0.05, 0) is 56.8 Å². The van der Waals surface area contributed by atoms with Crippen LogP contribution in [-0.4, -0.2) is 0 Å². The molecule has 4 nitrogen and oxygen atoms in total. The molecule has 0 amide bonds. The van der Waals surface area contributed by atoms with Crippen LogP contribution in [0.3, 0.4) is 0 Å². The molecule has 0 radical (unpaired) electrons. The Bertz CT molecular complexity index is 1170. The fourth-order valence-corrected chi connectivity index (χ4v) is 5.63. The molecule has 0 saturated heterocycles. The van der Waals surface area contributed by atoms with Gasteiger partial charge in [-0.3, -0.25) is 0 Å². The molecule has 0 atom stereocenters. The molecule has 0 saturated carbocycles. The molecule has 0 aliphatic heterocycles. The van der Waals surface area contributed by atoms with Gasteiger partial charge >= 0.3 is 0 Å². The van der Waals surface area contributed by atoms with E-state index in [0.717, 1.165) is 44.2 Å². The van der Waals surface area contributed by atoms with Crippen LogP contribution in [0.2, 0.25) is 0 Å². The lowest BCUT2D eigenvalue weighted by Crippen LogP contribution is -2.34. The first-order valence-electron chi connectivity index (χ1n) is 12.3. The molecule has 0 fully saturated rings. The van der Waals surface area contributed by atoms with Crippen LogP contribution in [0.25, 0.3) is 21.8 Å². The second-order valence-electron chi connectivity index (χ2n) is 9.03. The van der Waals surface area contributed by atoms with Gasteiger partial charge in [-0.15, -0.1) is 0 Å². The number of benzene rings is 2. The van der Waals surface area contributed by atoms with E-state index in [0.29, 0.717) is 0 Å². The molecule has 2 heterocycles. The lowest BCUT2D eigenvalue weighted by Gasteiger charge is -2.07. The maximum absolute atomic E-state index is 6.23. The van der Waals surface area contributed by atoms with Crippen molar-refractivity contribution in [3.63, 3.8) is 0 Å². The molecule has 0 bridgehead atoms. The summed E-state index contributed by atoms with van der Waals surface area (Å²) in [6.45, 7) is 2.06. The van der Waals surface area contributed by atoms with E-state index >= 15 is 0 Å². The van der Waals surface area contributed by atoms with E-state index in [1.54, 1.807) is 0 Å². The Morgan fingerprint density at radius 2 is 0.882 bits per heavy atom. The number of nitrogen functional groups attached to an aromatic ring is 2. The first-order chi connectivity index (χ1) is 16.6. The monoisotopic (exact) mass is 584 g/mol. The molecule has 178 valence electrons. The van der Waals surface area contributed by atoms with Gasteiger partial charge in [-0.25, -0.2) is 0 Å². The molecule has 34 heavy (non-hydrogen) atoms. The van der Waals surface area contributed by atoms with E-state index in [9.17, 15) is 0 Å². The van der Waals surface area contributed by atoms with Crippen LogP contribution in [0.5, 0.6) is 0 Å². The summed E-state index contributed by atoms with van der Waals surface area (Å²) < 4.78 is 6.60. The van der Waals surface area contributed by atoms with Gasteiger partial charge in [0, 0.05) is 25.0 Å². The SMILES string of the molecule is Nc1c(Br)c[n+](CCCCCCCCCC[n+]2cc(Br)c(N)c3ccccc32)c2ccccc12. The van der Waals surface area contributed by atoms with Gasteiger partial charge in [0.1, 0.15) is 22.0 Å². The van der Waals surface area contributed by atoms with Crippen LogP contribution in [0.1, 0.15) is 51.4 Å². The summed E-state index contributed by atoms with van der Waals surface area (Å²) in [5.41, 5.74) is 16.5. The molecule has 4 aromatic rings. The molecule has 2 aromatic heterocycles. The van der Waals surface area contributed by atoms with Gasteiger partial charge in [0.05, 0.1) is 22.1 Å². The zero-order valence-electron chi connectivity index (χ0n) is 19.6. The van der Waals surface area contributed by atoms with E-state index in [2.05, 4.69) is 89.8 Å². The summed E-state index contributed by atoms with van der Waals surface area (Å²) >= 11 is 7.22. The molecule has 0 spiro atoms. The highest BCUT2D eigenvalue weighted by atomic mass is 79.9. The van der Waals surface area contributed by atoms with Crippen LogP contribution in [0.15, 0.2) is 69.9 Å². The van der Waals surface area contributed by atoms with Gasteiger partial charge in [-0.1, -0.05) is 49.9 Å². The number of anilines is 2. The van der Waals surface area contributed by atoms with Gasteiger partial charge < -0.3 is 11.5 Å². The highest BCUT2D eigenvalue weighted by Gasteiger charge is 2.15. The number of unbranched alkanes of at least 4 members (excludes halogenated alkanes) is 7. The smallest absolute Gasteiger partial charge is 0.214 e. The molecular formula is C28H34Br2N4+2. The average Bonchev–Trinajstić information content (AvgIpc) is 2.86. The van der Waals surface area contributed by atoms with Crippen molar-refractivity contribution in [1.82, 2.24) is 0 Å². The number of nitrogens with two attached hydrogens (primary N) is 2. The Hall–Kier alpha value is -2.18. The standard InChI is InChI=1S/C28H32Br2N4/c29-23-19-33(25-15-9-7-13-21(25)27(23)31)17-11-5-3-1-2-4-6-12-18-34-20-24(30)28(32)22-14-8-10-16-26(22)34/h7-10,13-16,19-20,31-32H,1-6,11-12,17-18H2/p+2. The highest BCUT2D eigenvalue weighted by molar-refractivity contribution is 9.11. The zero-order chi connectivity index (χ0) is 23.9. The van der Waals surface area contributed by atoms with Gasteiger partial charge in [-0.2, -0.15) is 9.13 Å². The van der Waals surface area contributed by atoms with Crippen molar-refractivity contribution < 1.29 is 9.13 Å². The first kappa shape index (κ1) is 24.9. The summed E-state index contributed by atoms with van der Waals surface area (Å²) in [5, 5.41) is 2.24. The van der Waals surface area contributed by atoms with Crippen molar-refractivity contribution in [2.75, 3.05) is 11.5 Å². The van der Waals surface area contributed by atoms with Gasteiger partial charge in [0.25, 0.3) is 0 Å². The van der Waals surface area contributed by atoms with E-state index in [1.807, 2.05) is 12.1 Å². The van der Waals surface area contributed by atoms with Gasteiger partial charge in [0.2, 0.25) is 11.0 Å². The van der Waals surface area contributed by atoms with Crippen molar-refractivity contribution in [2.45, 2.75) is 64.5 Å². The molecule has 6 heteroatoms. The summed E-state index contributed by atoms with van der Waals surface area (Å²) in [7, 11) is 0. The minimum atomic E-state index is 0.822. The van der Waals surface area contributed by atoms with Gasteiger partial charge in [0.15, 0.2) is 12.4 Å². The van der Waals surface area contributed by atoms with Crippen LogP contribution < -0.4 is 20.6 Å². The lowest BCUT2D eigenvalue weighted by atomic mass is 10.1. The van der Waals surface area contributed by atoms with Crippen molar-refractivity contribution in [2.24, 2.45) is 0 Å². The Labute approximate surface area is 219 Å². The third-order valence-corrected chi connectivity index (χ3v) is 7.87. The van der Waals surface area contributed by atoms with E-state index in [-0.39, 0.29) is 0 Å². The Kier molecular flexibility index (Phi) is 8.79. The number of aryl methyl sites for hydroxylation is 2. The number of aromatic nitrogens is 2. The quantitative estimate of drug-likeness (QED) is 0.146. The van der Waals surface area contributed by atoms with Crippen molar-refractivity contribution in [1.29, 1.82) is 0 Å². The molecular weight excluding hydrogens is 552 g/mol. The number of hydrogen-bond donors (Lipinski definition) is 2. The molecule has 0 aliphatic rings. The van der Waals surface area contributed by atoms with Crippen LogP contribution in [0.4, 0.5) is 11.4 Å². The zero-order valence-corrected chi connectivity index (χ0v) is 22.8. The minimum Gasteiger partial charge on any atom is -0.397 e. The lowest BCUT2D eigenvalue weighted by molar-refractivity contribution is -0.672. The number of halogens is 2. The Morgan fingerprint density at radius 3 is 1.29 bits per heavy atom. The van der Waals surface area contributed by atoms with E-state index < -0.39 is 0 Å². The number of para-hydroxylation sites is 2. The second-order valence-corrected chi connectivity index (χ2v) is 10.7. The normalized spacial score (nSPS) is 11.5. The second kappa shape index (κ2) is 12.0. The molecule has 4 rings (SSSR count). The fraction of sp³-hybridized carbons (Fsp3) is 0.357. The molecule has 4 N–H and O–H groups in total. The maximum atomic E-state index is 6.23. The van der Waals surface area contributed by atoms with E-state index in [4.69, 9.17) is 11.5 Å². The Morgan fingerprint density at radius 1 is 0.529 bits per heavy atom. The summed E-state index contributed by atoms with van der Waals surface area (Å²) in [4.78, 5) is 0. The molecule has 2 aromatic carbocycles. The van der Waals surface area contributed by atoms with Crippen molar-refractivity contribution in [3.05, 3.63) is 69.9 Å². The van der Waals surface area contributed by atoms with E-state index in [1.165, 1.54) is 62.4 Å². The predicted octanol–water partition coefficient (Wildman–Crippen LogP) is 7.08. The molecule has 0 aliphatic carbocycles. The van der Waals surface area contributed by atoms with Crippen molar-refractivity contribution in [3.8, 4) is 0 Å². The summed E-state index contributed by atoms with van der Waals surface area (Å²) in [6, 6.07) is 16.8. The Balaban J connectivity index is 1.14. The topological polar surface area (TPSA) is 59.8 Å². The predicted molar refractivity (Wildman–Crippen MR) is 149 cm³/mol. The number of hydrogen-bond acceptors (Lipinski definition) is 2. The van der Waals surface area contributed by atoms with Crippen LogP contribution in [-0.2, 0) is 13.1 Å². The molecule has 0 unspecified atom stereocenters. The third-order valence-electron chi connectivity index (χ3n) is 6.61. The summed E-state index contributed by atoms with van der Waals surface area (Å²) in [5.74, 6) is 0. The highest BCUT2D eigenvalue weighted by Crippen LogP contribution is 2.27. The number of fused-ring (bicyclic) bond motifs is 2. The summed E-state index contributed by atoms with van der Waals surface area (Å²) in [6.07, 6.45) is 14.4. The fourth-order valence-electron chi connectivity index (χ4n) is 4.71.